The number of hydrogen-bond donors (Lipinski definition) is 0. The molecule has 12 aromatic carbocycles. The number of rotatable bonds is 10. The SMILES string of the molecule is c1ccc(-c2cccc(N(c3cccc(-c4ccccc4)c3)c3cccc(-c4ccccc4-c4ccc5c6ccccc6n(-c6ccc7c(c6)C(c6ccccc6)(c6ccccc6)c6ccccc6-7)c5c4)c3)c2)cc1. The maximum Gasteiger partial charge on any atom is 0.0714 e. The van der Waals surface area contributed by atoms with Gasteiger partial charge in [0, 0.05) is 33.5 Å². The Labute approximate surface area is 438 Å². The van der Waals surface area contributed by atoms with E-state index in [1.54, 1.807) is 0 Å². The highest BCUT2D eigenvalue weighted by Crippen LogP contribution is 2.57. The number of hydrogen-bond acceptors (Lipinski definition) is 1. The maximum atomic E-state index is 2.49. The van der Waals surface area contributed by atoms with Crippen LogP contribution in [0.15, 0.2) is 303 Å². The molecule has 1 aliphatic carbocycles. The zero-order valence-electron chi connectivity index (χ0n) is 41.3. The minimum atomic E-state index is -0.507. The predicted octanol–water partition coefficient (Wildman–Crippen LogP) is 19.3. The van der Waals surface area contributed by atoms with Crippen molar-refractivity contribution < 1.29 is 0 Å². The molecule has 0 unspecified atom stereocenters. The van der Waals surface area contributed by atoms with Crippen LogP contribution in [-0.4, -0.2) is 4.57 Å². The molecular formula is C73H50N2. The van der Waals surface area contributed by atoms with Gasteiger partial charge in [0.1, 0.15) is 0 Å². The van der Waals surface area contributed by atoms with Crippen LogP contribution in [0.3, 0.4) is 0 Å². The Bertz CT molecular complexity index is 4110. The first-order valence-electron chi connectivity index (χ1n) is 25.9. The Balaban J connectivity index is 0.921. The van der Waals surface area contributed by atoms with Gasteiger partial charge in [0.25, 0.3) is 0 Å². The van der Waals surface area contributed by atoms with Crippen molar-refractivity contribution in [2.75, 3.05) is 4.90 Å². The summed E-state index contributed by atoms with van der Waals surface area (Å²) in [5.74, 6) is 0. The van der Waals surface area contributed by atoms with Crippen molar-refractivity contribution in [1.82, 2.24) is 4.57 Å². The average Bonchev–Trinajstić information content (AvgIpc) is 4.05. The van der Waals surface area contributed by atoms with Crippen molar-refractivity contribution in [2.45, 2.75) is 5.41 Å². The van der Waals surface area contributed by atoms with Crippen molar-refractivity contribution in [3.63, 3.8) is 0 Å². The van der Waals surface area contributed by atoms with E-state index in [0.717, 1.165) is 33.9 Å². The third-order valence-corrected chi connectivity index (χ3v) is 15.5. The highest BCUT2D eigenvalue weighted by Gasteiger charge is 2.46. The van der Waals surface area contributed by atoms with Crippen LogP contribution in [0.2, 0.25) is 0 Å². The zero-order chi connectivity index (χ0) is 49.7. The molecule has 2 heteroatoms. The van der Waals surface area contributed by atoms with E-state index in [1.807, 2.05) is 0 Å². The quantitative estimate of drug-likeness (QED) is 0.133. The maximum absolute atomic E-state index is 2.49. The number of anilines is 3. The van der Waals surface area contributed by atoms with E-state index in [9.17, 15) is 0 Å². The van der Waals surface area contributed by atoms with Crippen LogP contribution >= 0.6 is 0 Å². The van der Waals surface area contributed by atoms with Crippen molar-refractivity contribution in [3.8, 4) is 61.3 Å². The molecule has 352 valence electrons. The Morgan fingerprint density at radius 2 is 0.693 bits per heavy atom. The zero-order valence-corrected chi connectivity index (χ0v) is 41.3. The summed E-state index contributed by atoms with van der Waals surface area (Å²) >= 11 is 0. The predicted molar refractivity (Wildman–Crippen MR) is 315 cm³/mol. The molecule has 0 amide bonds. The lowest BCUT2D eigenvalue weighted by atomic mass is 9.67. The van der Waals surface area contributed by atoms with Gasteiger partial charge in [-0.1, -0.05) is 243 Å². The largest absolute Gasteiger partial charge is 0.310 e. The van der Waals surface area contributed by atoms with Gasteiger partial charge in [-0.2, -0.15) is 0 Å². The van der Waals surface area contributed by atoms with Crippen LogP contribution in [0.25, 0.3) is 83.1 Å². The van der Waals surface area contributed by atoms with Gasteiger partial charge >= 0.3 is 0 Å². The Morgan fingerprint density at radius 1 is 0.253 bits per heavy atom. The lowest BCUT2D eigenvalue weighted by Gasteiger charge is -2.34. The first-order chi connectivity index (χ1) is 37.2. The molecule has 0 spiro atoms. The van der Waals surface area contributed by atoms with Crippen molar-refractivity contribution >= 4 is 38.9 Å². The van der Waals surface area contributed by atoms with E-state index in [0.29, 0.717) is 0 Å². The average molecular weight is 955 g/mol. The minimum Gasteiger partial charge on any atom is -0.310 e. The molecule has 1 aromatic heterocycles. The molecule has 13 aromatic rings. The molecule has 1 aliphatic rings. The summed E-state index contributed by atoms with van der Waals surface area (Å²) in [5.41, 5.74) is 23.3. The Hall–Kier alpha value is -9.76. The summed E-state index contributed by atoms with van der Waals surface area (Å²) in [4.78, 5) is 2.40. The molecule has 0 bridgehead atoms. The molecule has 0 radical (unpaired) electrons. The topological polar surface area (TPSA) is 8.17 Å². The van der Waals surface area contributed by atoms with Crippen LogP contribution in [-0.2, 0) is 5.41 Å². The minimum absolute atomic E-state index is 0.507. The fraction of sp³-hybridized carbons (Fsp3) is 0.0137. The summed E-state index contributed by atoms with van der Waals surface area (Å²) in [7, 11) is 0. The standard InChI is InChI=1S/C73H50N2/c1-5-22-51(23-6-1)53-26-19-33-59(46-53)74(60-34-20-27-54(47-60)52-24-7-2-8-25-52)61-35-21-28-55(48-61)63-36-13-14-37-64(63)56-42-44-68-67-39-16-18-41-71(67)75(72(68)49-56)62-43-45-66-65-38-15-17-40-69(65)73(70(66)50-62,57-29-9-3-10-30-57)58-31-11-4-12-32-58/h1-50H. The van der Waals surface area contributed by atoms with Crippen molar-refractivity contribution in [2.24, 2.45) is 0 Å². The van der Waals surface area contributed by atoms with Crippen LogP contribution in [0.5, 0.6) is 0 Å². The van der Waals surface area contributed by atoms with E-state index in [2.05, 4.69) is 313 Å². The second-order valence-electron chi connectivity index (χ2n) is 19.6. The molecule has 75 heavy (non-hydrogen) atoms. The van der Waals surface area contributed by atoms with E-state index < -0.39 is 5.41 Å². The van der Waals surface area contributed by atoms with Gasteiger partial charge in [0.05, 0.1) is 16.4 Å². The van der Waals surface area contributed by atoms with Crippen molar-refractivity contribution in [1.29, 1.82) is 0 Å². The molecule has 0 N–H and O–H groups in total. The summed E-state index contributed by atoms with van der Waals surface area (Å²) in [6.45, 7) is 0. The first-order valence-corrected chi connectivity index (χ1v) is 25.9. The molecule has 0 fully saturated rings. The third kappa shape index (κ3) is 7.41. The van der Waals surface area contributed by atoms with Crippen LogP contribution in [0, 0.1) is 0 Å². The van der Waals surface area contributed by atoms with Crippen LogP contribution < -0.4 is 4.90 Å². The summed E-state index contributed by atoms with van der Waals surface area (Å²) in [6, 6.07) is 111. The van der Waals surface area contributed by atoms with Gasteiger partial charge in [-0.25, -0.2) is 0 Å². The van der Waals surface area contributed by atoms with Gasteiger partial charge in [-0.15, -0.1) is 0 Å². The molecule has 0 saturated carbocycles. The number of nitrogens with zero attached hydrogens (tertiary/aromatic N) is 2. The third-order valence-electron chi connectivity index (χ3n) is 15.5. The van der Waals surface area contributed by atoms with E-state index >= 15 is 0 Å². The molecule has 0 saturated heterocycles. The molecule has 2 nitrogen and oxygen atoms in total. The van der Waals surface area contributed by atoms with E-state index in [-0.39, 0.29) is 0 Å². The molecule has 0 aliphatic heterocycles. The van der Waals surface area contributed by atoms with Gasteiger partial charge in [-0.3, -0.25) is 0 Å². The molecule has 0 atom stereocenters. The summed E-state index contributed by atoms with van der Waals surface area (Å²) < 4.78 is 2.49. The van der Waals surface area contributed by atoms with E-state index in [4.69, 9.17) is 0 Å². The van der Waals surface area contributed by atoms with Gasteiger partial charge in [-0.05, 0) is 139 Å². The second-order valence-corrected chi connectivity index (χ2v) is 19.6. The van der Waals surface area contributed by atoms with Gasteiger partial charge < -0.3 is 9.47 Å². The second kappa shape index (κ2) is 18.4. The Kier molecular flexibility index (Phi) is 10.8. The Morgan fingerprint density at radius 3 is 1.29 bits per heavy atom. The molecule has 1 heterocycles. The van der Waals surface area contributed by atoms with Gasteiger partial charge in [0.15, 0.2) is 0 Å². The highest BCUT2D eigenvalue weighted by molar-refractivity contribution is 6.10. The van der Waals surface area contributed by atoms with Crippen LogP contribution in [0.4, 0.5) is 17.1 Å². The summed E-state index contributed by atoms with van der Waals surface area (Å²) in [5, 5.41) is 2.45. The lowest BCUT2D eigenvalue weighted by Crippen LogP contribution is -2.28. The first kappa shape index (κ1) is 44.0. The van der Waals surface area contributed by atoms with E-state index in [1.165, 1.54) is 88.6 Å². The number of benzene rings is 12. The summed E-state index contributed by atoms with van der Waals surface area (Å²) in [6.07, 6.45) is 0. The molecule has 14 rings (SSSR count). The van der Waals surface area contributed by atoms with Crippen LogP contribution in [0.1, 0.15) is 22.3 Å². The smallest absolute Gasteiger partial charge is 0.0714 e. The highest BCUT2D eigenvalue weighted by atomic mass is 15.1. The fourth-order valence-corrected chi connectivity index (χ4v) is 12.1. The normalized spacial score (nSPS) is 12.4. The number of fused-ring (bicyclic) bond motifs is 6. The number of para-hydroxylation sites is 1. The lowest BCUT2D eigenvalue weighted by molar-refractivity contribution is 0.767. The number of aromatic nitrogens is 1. The monoisotopic (exact) mass is 954 g/mol. The molecular weight excluding hydrogens is 905 g/mol. The fourth-order valence-electron chi connectivity index (χ4n) is 12.1. The van der Waals surface area contributed by atoms with Gasteiger partial charge in [0.2, 0.25) is 0 Å². The van der Waals surface area contributed by atoms with Crippen molar-refractivity contribution in [3.05, 3.63) is 326 Å².